The van der Waals surface area contributed by atoms with Gasteiger partial charge in [0.2, 0.25) is 0 Å². The summed E-state index contributed by atoms with van der Waals surface area (Å²) in [7, 11) is 0. The number of aliphatic hydroxyl groups is 1. The van der Waals surface area contributed by atoms with E-state index in [0.29, 0.717) is 19.3 Å². The molecule has 1 aromatic rings. The van der Waals surface area contributed by atoms with E-state index >= 15 is 0 Å². The van der Waals surface area contributed by atoms with Crippen molar-refractivity contribution in [2.75, 3.05) is 26.4 Å². The average Bonchev–Trinajstić information content (AvgIpc) is 2.70. The number of nitrogens with one attached hydrogen (secondary N) is 1. The van der Waals surface area contributed by atoms with E-state index in [9.17, 15) is 0 Å². The molecule has 0 amide bonds. The molecule has 15 heavy (non-hydrogen) atoms. The van der Waals surface area contributed by atoms with E-state index in [-0.39, 0.29) is 6.61 Å². The molecule has 86 valence electrons. The molecule has 0 saturated heterocycles. The van der Waals surface area contributed by atoms with Gasteiger partial charge in [-0.1, -0.05) is 0 Å². The molecule has 1 aromatic heterocycles. The Labute approximate surface area is 95.1 Å². The Hall–Kier alpha value is -0.420. The number of ether oxygens (including phenoxy) is 1. The molecule has 1 rings (SSSR count). The molecular weight excluding hydrogens is 210 g/mol. The molecule has 0 aliphatic rings. The highest BCUT2D eigenvalue weighted by molar-refractivity contribution is 7.07. The van der Waals surface area contributed by atoms with Crippen LogP contribution in [0, 0.1) is 0 Å². The smallest absolute Gasteiger partial charge is 0.0698 e. The molecule has 2 N–H and O–H groups in total. The summed E-state index contributed by atoms with van der Waals surface area (Å²) < 4.78 is 5.16. The Morgan fingerprint density at radius 1 is 1.53 bits per heavy atom. The van der Waals surface area contributed by atoms with Crippen LogP contribution in [-0.4, -0.2) is 37.5 Å². The molecule has 0 radical (unpaired) electrons. The molecule has 0 saturated carbocycles. The van der Waals surface area contributed by atoms with Crippen LogP contribution in [0.15, 0.2) is 16.8 Å². The number of hydrogen-bond acceptors (Lipinski definition) is 4. The van der Waals surface area contributed by atoms with E-state index in [1.165, 1.54) is 5.56 Å². The van der Waals surface area contributed by atoms with Crippen LogP contribution < -0.4 is 5.32 Å². The van der Waals surface area contributed by atoms with Gasteiger partial charge in [-0.3, -0.25) is 0 Å². The number of thiophene rings is 1. The lowest BCUT2D eigenvalue weighted by molar-refractivity contribution is 0.0928. The zero-order chi connectivity index (χ0) is 10.9. The van der Waals surface area contributed by atoms with Crippen molar-refractivity contribution in [2.45, 2.75) is 19.4 Å². The first-order valence-electron chi connectivity index (χ1n) is 5.26. The Bertz CT molecular complexity index is 239. The van der Waals surface area contributed by atoms with Crippen LogP contribution in [0.25, 0.3) is 0 Å². The third-order valence-electron chi connectivity index (χ3n) is 2.10. The van der Waals surface area contributed by atoms with Crippen LogP contribution in [0.3, 0.4) is 0 Å². The van der Waals surface area contributed by atoms with Gasteiger partial charge in [-0.15, -0.1) is 0 Å². The largest absolute Gasteiger partial charge is 0.394 e. The zero-order valence-electron chi connectivity index (χ0n) is 9.11. The molecule has 0 aromatic carbocycles. The lowest BCUT2D eigenvalue weighted by Crippen LogP contribution is -2.31. The van der Waals surface area contributed by atoms with E-state index in [4.69, 9.17) is 9.84 Å². The Morgan fingerprint density at radius 3 is 3.07 bits per heavy atom. The number of hydrogen-bond donors (Lipinski definition) is 2. The SMILES string of the molecule is CC(Cc1ccsc1)NCCOCCO. The standard InChI is InChI=1S/C11H19NO2S/c1-10(8-11-2-7-15-9-11)12-3-5-14-6-4-13/h2,7,9-10,12-13H,3-6,8H2,1H3. The average molecular weight is 229 g/mol. The minimum atomic E-state index is 0.102. The van der Waals surface area contributed by atoms with E-state index in [0.717, 1.165) is 13.0 Å². The van der Waals surface area contributed by atoms with Crippen molar-refractivity contribution in [3.8, 4) is 0 Å². The Morgan fingerprint density at radius 2 is 2.40 bits per heavy atom. The third-order valence-corrected chi connectivity index (χ3v) is 2.83. The molecule has 1 unspecified atom stereocenters. The van der Waals surface area contributed by atoms with Crippen LogP contribution in [-0.2, 0) is 11.2 Å². The maximum Gasteiger partial charge on any atom is 0.0698 e. The minimum Gasteiger partial charge on any atom is -0.394 e. The highest BCUT2D eigenvalue weighted by Gasteiger charge is 2.02. The van der Waals surface area contributed by atoms with Crippen LogP contribution in [0.1, 0.15) is 12.5 Å². The van der Waals surface area contributed by atoms with Crippen molar-refractivity contribution in [3.63, 3.8) is 0 Å². The fraction of sp³-hybridized carbons (Fsp3) is 0.636. The van der Waals surface area contributed by atoms with Crippen molar-refractivity contribution in [1.29, 1.82) is 0 Å². The first-order chi connectivity index (χ1) is 7.33. The summed E-state index contributed by atoms with van der Waals surface area (Å²) in [4.78, 5) is 0. The summed E-state index contributed by atoms with van der Waals surface area (Å²) in [6, 6.07) is 2.63. The highest BCUT2D eigenvalue weighted by atomic mass is 32.1. The first-order valence-corrected chi connectivity index (χ1v) is 6.20. The lowest BCUT2D eigenvalue weighted by Gasteiger charge is -2.12. The summed E-state index contributed by atoms with van der Waals surface area (Å²) in [5, 5.41) is 16.2. The van der Waals surface area contributed by atoms with Gasteiger partial charge in [0, 0.05) is 12.6 Å². The molecule has 0 aliphatic heterocycles. The van der Waals surface area contributed by atoms with Crippen molar-refractivity contribution < 1.29 is 9.84 Å². The second-order valence-corrected chi connectivity index (χ2v) is 4.31. The molecule has 0 fully saturated rings. The number of aliphatic hydroxyl groups excluding tert-OH is 1. The van der Waals surface area contributed by atoms with Gasteiger partial charge in [0.15, 0.2) is 0 Å². The predicted molar refractivity (Wildman–Crippen MR) is 63.4 cm³/mol. The second-order valence-electron chi connectivity index (χ2n) is 3.53. The molecule has 0 spiro atoms. The monoisotopic (exact) mass is 229 g/mol. The van der Waals surface area contributed by atoms with Crippen molar-refractivity contribution in [3.05, 3.63) is 22.4 Å². The molecular formula is C11H19NO2S. The second kappa shape index (κ2) is 7.82. The fourth-order valence-electron chi connectivity index (χ4n) is 1.38. The molecule has 3 nitrogen and oxygen atoms in total. The first kappa shape index (κ1) is 12.6. The van der Waals surface area contributed by atoms with Gasteiger partial charge < -0.3 is 15.2 Å². The summed E-state index contributed by atoms with van der Waals surface area (Å²) >= 11 is 1.74. The molecule has 0 bridgehead atoms. The molecule has 1 heterocycles. The maximum atomic E-state index is 8.50. The summed E-state index contributed by atoms with van der Waals surface area (Å²) in [5.74, 6) is 0. The van der Waals surface area contributed by atoms with Gasteiger partial charge in [0.25, 0.3) is 0 Å². The molecule has 1 atom stereocenters. The summed E-state index contributed by atoms with van der Waals surface area (Å²) in [5.41, 5.74) is 1.39. The lowest BCUT2D eigenvalue weighted by atomic mass is 10.1. The quantitative estimate of drug-likeness (QED) is 0.660. The fourth-order valence-corrected chi connectivity index (χ4v) is 2.06. The van der Waals surface area contributed by atoms with E-state index in [1.807, 2.05) is 0 Å². The van der Waals surface area contributed by atoms with Gasteiger partial charge in [0.05, 0.1) is 19.8 Å². The number of rotatable bonds is 8. The third kappa shape index (κ3) is 5.89. The predicted octanol–water partition coefficient (Wildman–Crippen LogP) is 1.28. The Balaban J connectivity index is 2.01. The van der Waals surface area contributed by atoms with Crippen LogP contribution >= 0.6 is 11.3 Å². The van der Waals surface area contributed by atoms with Crippen molar-refractivity contribution in [2.24, 2.45) is 0 Å². The topological polar surface area (TPSA) is 41.5 Å². The van der Waals surface area contributed by atoms with Crippen LogP contribution in [0.5, 0.6) is 0 Å². The van der Waals surface area contributed by atoms with Crippen LogP contribution in [0.4, 0.5) is 0 Å². The maximum absolute atomic E-state index is 8.50. The van der Waals surface area contributed by atoms with Crippen molar-refractivity contribution in [1.82, 2.24) is 5.32 Å². The van der Waals surface area contributed by atoms with E-state index < -0.39 is 0 Å². The summed E-state index contributed by atoms with van der Waals surface area (Å²) in [6.07, 6.45) is 1.06. The van der Waals surface area contributed by atoms with Crippen LogP contribution in [0.2, 0.25) is 0 Å². The minimum absolute atomic E-state index is 0.102. The van der Waals surface area contributed by atoms with Gasteiger partial charge >= 0.3 is 0 Å². The van der Waals surface area contributed by atoms with Gasteiger partial charge in [-0.2, -0.15) is 11.3 Å². The highest BCUT2D eigenvalue weighted by Crippen LogP contribution is 2.08. The normalized spacial score (nSPS) is 12.9. The molecule has 0 aliphatic carbocycles. The van der Waals surface area contributed by atoms with E-state index in [1.54, 1.807) is 11.3 Å². The van der Waals surface area contributed by atoms with Gasteiger partial charge in [0.1, 0.15) is 0 Å². The zero-order valence-corrected chi connectivity index (χ0v) is 9.93. The van der Waals surface area contributed by atoms with Gasteiger partial charge in [-0.25, -0.2) is 0 Å². The van der Waals surface area contributed by atoms with E-state index in [2.05, 4.69) is 29.1 Å². The van der Waals surface area contributed by atoms with Gasteiger partial charge in [-0.05, 0) is 35.7 Å². The Kier molecular flexibility index (Phi) is 6.59. The molecule has 4 heteroatoms. The summed E-state index contributed by atoms with van der Waals surface area (Å²) in [6.45, 7) is 4.20. The van der Waals surface area contributed by atoms with Crippen molar-refractivity contribution >= 4 is 11.3 Å².